The van der Waals surface area contributed by atoms with Gasteiger partial charge in [-0.1, -0.05) is 43.7 Å². The molecule has 1 heterocycles. The molecule has 0 fully saturated rings. The van der Waals surface area contributed by atoms with Crippen LogP contribution in [0.4, 0.5) is 0 Å². The van der Waals surface area contributed by atoms with Gasteiger partial charge < -0.3 is 10.5 Å². The average molecular weight is 449 g/mol. The molecule has 0 aliphatic carbocycles. The molecule has 2 aromatic carbocycles. The molecule has 168 valence electrons. The first-order chi connectivity index (χ1) is 15.3. The molecule has 0 aliphatic rings. The number of aryl methyl sites for hydroxylation is 2. The summed E-state index contributed by atoms with van der Waals surface area (Å²) in [5.41, 5.74) is 15.0. The average Bonchev–Trinajstić information content (AvgIpc) is 2.78. The van der Waals surface area contributed by atoms with E-state index in [-0.39, 0.29) is 5.97 Å². The number of rotatable bonds is 8. The van der Waals surface area contributed by atoms with Crippen LogP contribution in [0.5, 0.6) is 0 Å². The fraction of sp³-hybridized carbons (Fsp3) is 0.333. The van der Waals surface area contributed by atoms with Crippen molar-refractivity contribution in [2.45, 2.75) is 51.3 Å². The van der Waals surface area contributed by atoms with E-state index in [0.29, 0.717) is 18.0 Å². The highest BCUT2D eigenvalue weighted by atomic mass is 32.2. The molecular weight excluding hydrogens is 416 g/mol. The Labute approximate surface area is 195 Å². The number of ether oxygens (including phenoxy) is 1. The first kappa shape index (κ1) is 24.0. The van der Waals surface area contributed by atoms with Gasteiger partial charge >= 0.3 is 5.97 Å². The van der Waals surface area contributed by atoms with Crippen LogP contribution < -0.4 is 5.73 Å². The van der Waals surface area contributed by atoms with Gasteiger partial charge in [0.2, 0.25) is 0 Å². The second-order valence-electron chi connectivity index (χ2n) is 8.45. The Morgan fingerprint density at radius 3 is 2.25 bits per heavy atom. The van der Waals surface area contributed by atoms with E-state index < -0.39 is 0 Å². The number of thioether (sulfide) groups is 1. The predicted molar refractivity (Wildman–Crippen MR) is 133 cm³/mol. The number of nitrogens with zero attached hydrogens (tertiary/aromatic N) is 1. The highest BCUT2D eigenvalue weighted by Gasteiger charge is 2.19. The molecule has 2 N–H and O–H groups in total. The SMILES string of the molecule is COC(=O)c1ccc(SCc2c(C)nc(CC(C)C)c(CN)c2-c2ccc(C)cc2)cc1. The van der Waals surface area contributed by atoms with Gasteiger partial charge in [-0.25, -0.2) is 4.79 Å². The number of nitrogens with two attached hydrogens (primary N) is 1. The zero-order valence-electron chi connectivity index (χ0n) is 19.6. The van der Waals surface area contributed by atoms with Gasteiger partial charge in [-0.05, 0) is 72.7 Å². The number of esters is 1. The third-order valence-electron chi connectivity index (χ3n) is 5.50. The number of benzene rings is 2. The van der Waals surface area contributed by atoms with Gasteiger partial charge in [0.1, 0.15) is 0 Å². The van der Waals surface area contributed by atoms with E-state index in [2.05, 4.69) is 52.0 Å². The van der Waals surface area contributed by atoms with Gasteiger partial charge in [0, 0.05) is 28.6 Å². The van der Waals surface area contributed by atoms with Crippen LogP contribution >= 0.6 is 11.8 Å². The largest absolute Gasteiger partial charge is 0.465 e. The van der Waals surface area contributed by atoms with Crippen LogP contribution in [0.15, 0.2) is 53.4 Å². The van der Waals surface area contributed by atoms with Gasteiger partial charge in [-0.2, -0.15) is 0 Å². The van der Waals surface area contributed by atoms with Gasteiger partial charge in [0.25, 0.3) is 0 Å². The van der Waals surface area contributed by atoms with Crippen LogP contribution in [0.1, 0.15) is 52.3 Å². The lowest BCUT2D eigenvalue weighted by Gasteiger charge is -2.21. The molecule has 5 heteroatoms. The molecule has 3 rings (SSSR count). The Bertz CT molecular complexity index is 1070. The van der Waals surface area contributed by atoms with Crippen molar-refractivity contribution in [3.05, 3.63) is 82.2 Å². The van der Waals surface area contributed by atoms with Gasteiger partial charge in [0.05, 0.1) is 12.7 Å². The molecule has 0 bridgehead atoms. The zero-order valence-corrected chi connectivity index (χ0v) is 20.4. The van der Waals surface area contributed by atoms with Crippen LogP contribution in [-0.2, 0) is 23.5 Å². The van der Waals surface area contributed by atoms with Crippen LogP contribution in [0.3, 0.4) is 0 Å². The predicted octanol–water partition coefficient (Wildman–Crippen LogP) is 6.10. The van der Waals surface area contributed by atoms with Crippen molar-refractivity contribution in [1.82, 2.24) is 4.98 Å². The molecule has 0 atom stereocenters. The zero-order chi connectivity index (χ0) is 23.3. The van der Waals surface area contributed by atoms with Crippen LogP contribution in [0.2, 0.25) is 0 Å². The number of hydrogen-bond donors (Lipinski definition) is 1. The maximum absolute atomic E-state index is 11.7. The molecule has 0 spiro atoms. The van der Waals surface area contributed by atoms with E-state index in [0.717, 1.165) is 34.0 Å². The minimum absolute atomic E-state index is 0.323. The topological polar surface area (TPSA) is 65.2 Å². The van der Waals surface area contributed by atoms with E-state index >= 15 is 0 Å². The molecule has 0 unspecified atom stereocenters. The Balaban J connectivity index is 2.02. The summed E-state index contributed by atoms with van der Waals surface area (Å²) >= 11 is 1.73. The smallest absolute Gasteiger partial charge is 0.337 e. The van der Waals surface area contributed by atoms with Gasteiger partial charge in [-0.3, -0.25) is 4.98 Å². The van der Waals surface area contributed by atoms with Crippen molar-refractivity contribution in [2.75, 3.05) is 7.11 Å². The van der Waals surface area contributed by atoms with Crippen LogP contribution in [0.25, 0.3) is 11.1 Å². The quantitative estimate of drug-likeness (QED) is 0.333. The number of hydrogen-bond acceptors (Lipinski definition) is 5. The summed E-state index contributed by atoms with van der Waals surface area (Å²) in [6.07, 6.45) is 0.911. The second-order valence-corrected chi connectivity index (χ2v) is 9.50. The van der Waals surface area contributed by atoms with E-state index in [1.807, 2.05) is 12.1 Å². The molecule has 0 amide bonds. The Morgan fingerprint density at radius 1 is 1.03 bits per heavy atom. The molecule has 1 aromatic heterocycles. The number of methoxy groups -OCH3 is 1. The van der Waals surface area contributed by atoms with Crippen molar-refractivity contribution >= 4 is 17.7 Å². The molecule has 0 aliphatic heterocycles. The van der Waals surface area contributed by atoms with E-state index in [9.17, 15) is 4.79 Å². The number of pyridine rings is 1. The number of aromatic nitrogens is 1. The summed E-state index contributed by atoms with van der Waals surface area (Å²) in [5, 5.41) is 0. The summed E-state index contributed by atoms with van der Waals surface area (Å²) in [4.78, 5) is 17.8. The van der Waals surface area contributed by atoms with Crippen LogP contribution in [-0.4, -0.2) is 18.1 Å². The third-order valence-corrected chi connectivity index (χ3v) is 6.53. The van der Waals surface area contributed by atoms with E-state index in [1.165, 1.54) is 29.4 Å². The summed E-state index contributed by atoms with van der Waals surface area (Å²) in [6.45, 7) is 9.08. The molecule has 4 nitrogen and oxygen atoms in total. The normalized spacial score (nSPS) is 11.1. The van der Waals surface area contributed by atoms with E-state index in [1.54, 1.807) is 23.9 Å². The Hall–Kier alpha value is -2.63. The summed E-state index contributed by atoms with van der Waals surface area (Å²) in [6, 6.07) is 16.2. The molecule has 0 saturated heterocycles. The number of carbonyl (C=O) groups excluding carboxylic acids is 1. The fourth-order valence-corrected chi connectivity index (χ4v) is 4.82. The second kappa shape index (κ2) is 10.8. The van der Waals surface area contributed by atoms with Crippen molar-refractivity contribution < 1.29 is 9.53 Å². The first-order valence-corrected chi connectivity index (χ1v) is 11.9. The molecule has 32 heavy (non-hydrogen) atoms. The maximum atomic E-state index is 11.7. The Kier molecular flexibility index (Phi) is 8.10. The van der Waals surface area contributed by atoms with Crippen molar-refractivity contribution in [2.24, 2.45) is 11.7 Å². The lowest BCUT2D eigenvalue weighted by Crippen LogP contribution is -2.13. The minimum atomic E-state index is -0.323. The van der Waals surface area contributed by atoms with Crippen molar-refractivity contribution in [3.8, 4) is 11.1 Å². The molecule has 0 saturated carbocycles. The van der Waals surface area contributed by atoms with Crippen molar-refractivity contribution in [1.29, 1.82) is 0 Å². The lowest BCUT2D eigenvalue weighted by atomic mass is 9.90. The summed E-state index contributed by atoms with van der Waals surface area (Å²) in [7, 11) is 1.39. The van der Waals surface area contributed by atoms with Gasteiger partial charge in [-0.15, -0.1) is 11.8 Å². The first-order valence-electron chi connectivity index (χ1n) is 10.9. The minimum Gasteiger partial charge on any atom is -0.465 e. The molecule has 3 aromatic rings. The van der Waals surface area contributed by atoms with E-state index in [4.69, 9.17) is 15.5 Å². The highest BCUT2D eigenvalue weighted by molar-refractivity contribution is 7.98. The monoisotopic (exact) mass is 448 g/mol. The maximum Gasteiger partial charge on any atom is 0.337 e. The van der Waals surface area contributed by atoms with Crippen molar-refractivity contribution in [3.63, 3.8) is 0 Å². The third kappa shape index (κ3) is 5.59. The fourth-order valence-electron chi connectivity index (χ4n) is 3.83. The molecular formula is C27H32N2O2S. The number of carbonyl (C=O) groups is 1. The standard InChI is InChI=1S/C27H32N2O2S/c1-17(2)14-25-23(15-28)26(20-8-6-18(3)7-9-20)24(19(4)29-25)16-32-22-12-10-21(11-13-22)27(30)31-5/h6-13,17H,14-16,28H2,1-5H3. The molecule has 0 radical (unpaired) electrons. The Morgan fingerprint density at radius 2 is 1.69 bits per heavy atom. The summed E-state index contributed by atoms with van der Waals surface area (Å²) in [5.74, 6) is 0.956. The van der Waals surface area contributed by atoms with Gasteiger partial charge in [0.15, 0.2) is 0 Å². The lowest BCUT2D eigenvalue weighted by molar-refractivity contribution is 0.0600. The van der Waals surface area contributed by atoms with Crippen LogP contribution in [0, 0.1) is 19.8 Å². The summed E-state index contributed by atoms with van der Waals surface area (Å²) < 4.78 is 4.79. The highest BCUT2D eigenvalue weighted by Crippen LogP contribution is 2.36.